The third kappa shape index (κ3) is 2.60. The van der Waals surface area contributed by atoms with E-state index in [1.807, 2.05) is 11.3 Å². The van der Waals surface area contributed by atoms with Crippen LogP contribution in [0.3, 0.4) is 0 Å². The van der Waals surface area contributed by atoms with Gasteiger partial charge >= 0.3 is 0 Å². The van der Waals surface area contributed by atoms with Gasteiger partial charge in [-0.1, -0.05) is 70.5 Å². The average Bonchev–Trinajstić information content (AvgIpc) is 3.00. The first-order valence-electron chi connectivity index (χ1n) is 7.14. The van der Waals surface area contributed by atoms with Crippen LogP contribution in [0.25, 0.3) is 31.7 Å². The van der Waals surface area contributed by atoms with Crippen LogP contribution >= 0.6 is 27.3 Å². The molecular formula is C20H13BrS. The lowest BCUT2D eigenvalue weighted by Crippen LogP contribution is -1.78. The SMILES string of the molecule is Brc1ccc(-c2ccc(-c3cc4ccccc4s3)cc2)cc1. The maximum atomic E-state index is 3.48. The van der Waals surface area contributed by atoms with Gasteiger partial charge in [-0.25, -0.2) is 0 Å². The smallest absolute Gasteiger partial charge is 0.0355 e. The van der Waals surface area contributed by atoms with Crippen molar-refractivity contribution in [2.45, 2.75) is 0 Å². The molecule has 0 radical (unpaired) electrons. The Labute approximate surface area is 142 Å². The van der Waals surface area contributed by atoms with Crippen molar-refractivity contribution >= 4 is 37.4 Å². The number of thiophene rings is 1. The summed E-state index contributed by atoms with van der Waals surface area (Å²) < 4.78 is 2.45. The molecule has 1 heterocycles. The molecule has 22 heavy (non-hydrogen) atoms. The van der Waals surface area contributed by atoms with Gasteiger partial charge in [0.1, 0.15) is 0 Å². The topological polar surface area (TPSA) is 0 Å². The summed E-state index contributed by atoms with van der Waals surface area (Å²) >= 11 is 5.33. The Balaban J connectivity index is 1.70. The largest absolute Gasteiger partial charge is 0.135 e. The molecule has 3 aromatic carbocycles. The number of hydrogen-bond donors (Lipinski definition) is 0. The Bertz CT molecular complexity index is 885. The van der Waals surface area contributed by atoms with Crippen molar-refractivity contribution in [3.05, 3.63) is 83.3 Å². The van der Waals surface area contributed by atoms with E-state index in [1.165, 1.54) is 31.7 Å². The average molecular weight is 365 g/mol. The van der Waals surface area contributed by atoms with Crippen LogP contribution in [0.15, 0.2) is 83.3 Å². The van der Waals surface area contributed by atoms with Crippen molar-refractivity contribution in [3.8, 4) is 21.6 Å². The summed E-state index contributed by atoms with van der Waals surface area (Å²) in [6.07, 6.45) is 0. The molecule has 0 bridgehead atoms. The first-order valence-corrected chi connectivity index (χ1v) is 8.75. The normalized spacial score (nSPS) is 11.0. The second kappa shape index (κ2) is 5.71. The van der Waals surface area contributed by atoms with Gasteiger partial charge in [0, 0.05) is 14.0 Å². The predicted molar refractivity (Wildman–Crippen MR) is 100 cm³/mol. The lowest BCUT2D eigenvalue weighted by atomic mass is 10.0. The standard InChI is InChI=1S/C20H13BrS/c21-18-11-9-15(10-12-18)14-5-7-16(8-6-14)20-13-17-3-1-2-4-19(17)22-20/h1-13H. The summed E-state index contributed by atoms with van der Waals surface area (Å²) in [6, 6.07) is 28.1. The van der Waals surface area contributed by atoms with E-state index >= 15 is 0 Å². The van der Waals surface area contributed by atoms with E-state index in [9.17, 15) is 0 Å². The molecule has 0 amide bonds. The highest BCUT2D eigenvalue weighted by molar-refractivity contribution is 9.10. The van der Waals surface area contributed by atoms with Crippen LogP contribution in [-0.4, -0.2) is 0 Å². The molecule has 4 rings (SSSR count). The predicted octanol–water partition coefficient (Wildman–Crippen LogP) is 7.00. The molecule has 0 aliphatic carbocycles. The van der Waals surface area contributed by atoms with Gasteiger partial charge in [-0.3, -0.25) is 0 Å². The molecular weight excluding hydrogens is 352 g/mol. The van der Waals surface area contributed by atoms with Crippen LogP contribution in [-0.2, 0) is 0 Å². The Kier molecular flexibility index (Phi) is 3.57. The summed E-state index contributed by atoms with van der Waals surface area (Å²) in [6.45, 7) is 0. The van der Waals surface area contributed by atoms with Crippen molar-refractivity contribution in [2.75, 3.05) is 0 Å². The molecule has 0 saturated heterocycles. The lowest BCUT2D eigenvalue weighted by Gasteiger charge is -2.03. The highest BCUT2D eigenvalue weighted by Gasteiger charge is 2.04. The minimum absolute atomic E-state index is 1.11. The minimum atomic E-state index is 1.11. The number of rotatable bonds is 2. The van der Waals surface area contributed by atoms with Gasteiger partial charge in [-0.15, -0.1) is 11.3 Å². The Morgan fingerprint density at radius 1 is 0.636 bits per heavy atom. The molecule has 0 aliphatic rings. The van der Waals surface area contributed by atoms with Crippen molar-refractivity contribution in [1.82, 2.24) is 0 Å². The molecule has 0 atom stereocenters. The zero-order valence-corrected chi connectivity index (χ0v) is 14.2. The summed E-state index contributed by atoms with van der Waals surface area (Å²) in [5.41, 5.74) is 3.77. The van der Waals surface area contributed by atoms with E-state index in [0.29, 0.717) is 0 Å². The van der Waals surface area contributed by atoms with Crippen LogP contribution in [0, 0.1) is 0 Å². The minimum Gasteiger partial charge on any atom is -0.135 e. The van der Waals surface area contributed by atoms with E-state index in [2.05, 4.69) is 94.8 Å². The highest BCUT2D eigenvalue weighted by Crippen LogP contribution is 2.34. The van der Waals surface area contributed by atoms with Crippen molar-refractivity contribution in [3.63, 3.8) is 0 Å². The van der Waals surface area contributed by atoms with Crippen LogP contribution < -0.4 is 0 Å². The molecule has 1 aromatic heterocycles. The molecule has 0 nitrogen and oxygen atoms in total. The van der Waals surface area contributed by atoms with Crippen LogP contribution in [0.4, 0.5) is 0 Å². The Hall–Kier alpha value is -1.90. The fourth-order valence-electron chi connectivity index (χ4n) is 2.59. The van der Waals surface area contributed by atoms with E-state index in [4.69, 9.17) is 0 Å². The third-order valence-electron chi connectivity index (χ3n) is 3.77. The summed E-state index contributed by atoms with van der Waals surface area (Å²) in [7, 11) is 0. The molecule has 4 aromatic rings. The zero-order valence-electron chi connectivity index (χ0n) is 11.8. The number of benzene rings is 3. The fourth-order valence-corrected chi connectivity index (χ4v) is 3.93. The quantitative estimate of drug-likeness (QED) is 0.359. The van der Waals surface area contributed by atoms with Gasteiger partial charge < -0.3 is 0 Å². The second-order valence-corrected chi connectivity index (χ2v) is 7.23. The molecule has 2 heteroatoms. The summed E-state index contributed by atoms with van der Waals surface area (Å²) in [5.74, 6) is 0. The maximum Gasteiger partial charge on any atom is 0.0355 e. The maximum absolute atomic E-state index is 3.48. The van der Waals surface area contributed by atoms with E-state index in [0.717, 1.165) is 4.47 Å². The van der Waals surface area contributed by atoms with Gasteiger partial charge in [0.15, 0.2) is 0 Å². The van der Waals surface area contributed by atoms with Gasteiger partial charge in [0.05, 0.1) is 0 Å². The first-order chi connectivity index (χ1) is 10.8. The van der Waals surface area contributed by atoms with E-state index < -0.39 is 0 Å². The second-order valence-electron chi connectivity index (χ2n) is 5.23. The highest BCUT2D eigenvalue weighted by atomic mass is 79.9. The molecule has 0 N–H and O–H groups in total. The van der Waals surface area contributed by atoms with Crippen molar-refractivity contribution < 1.29 is 0 Å². The fraction of sp³-hybridized carbons (Fsp3) is 0. The Morgan fingerprint density at radius 2 is 1.23 bits per heavy atom. The molecule has 106 valence electrons. The van der Waals surface area contributed by atoms with Crippen LogP contribution in [0.5, 0.6) is 0 Å². The van der Waals surface area contributed by atoms with E-state index in [-0.39, 0.29) is 0 Å². The third-order valence-corrected chi connectivity index (χ3v) is 5.47. The summed E-state index contributed by atoms with van der Waals surface area (Å²) in [5, 5.41) is 1.32. The molecule has 0 aliphatic heterocycles. The van der Waals surface area contributed by atoms with Crippen molar-refractivity contribution in [2.24, 2.45) is 0 Å². The lowest BCUT2D eigenvalue weighted by molar-refractivity contribution is 1.59. The van der Waals surface area contributed by atoms with Gasteiger partial charge in [-0.05, 0) is 46.3 Å². The number of halogens is 1. The number of fused-ring (bicyclic) bond motifs is 1. The van der Waals surface area contributed by atoms with Gasteiger partial charge in [-0.2, -0.15) is 0 Å². The first kappa shape index (κ1) is 13.7. The summed E-state index contributed by atoms with van der Waals surface area (Å²) in [4.78, 5) is 1.32. The number of hydrogen-bond acceptors (Lipinski definition) is 1. The molecule has 0 spiro atoms. The molecule has 0 saturated carbocycles. The Morgan fingerprint density at radius 3 is 1.91 bits per heavy atom. The van der Waals surface area contributed by atoms with Crippen LogP contribution in [0.2, 0.25) is 0 Å². The van der Waals surface area contributed by atoms with E-state index in [1.54, 1.807) is 0 Å². The van der Waals surface area contributed by atoms with Crippen molar-refractivity contribution in [1.29, 1.82) is 0 Å². The van der Waals surface area contributed by atoms with Gasteiger partial charge in [0.25, 0.3) is 0 Å². The monoisotopic (exact) mass is 364 g/mol. The van der Waals surface area contributed by atoms with Gasteiger partial charge in [0.2, 0.25) is 0 Å². The zero-order chi connectivity index (χ0) is 14.9. The van der Waals surface area contributed by atoms with Crippen LogP contribution in [0.1, 0.15) is 0 Å². The molecule has 0 fully saturated rings. The molecule has 0 unspecified atom stereocenters.